The van der Waals surface area contributed by atoms with Crippen molar-refractivity contribution < 1.29 is 9.53 Å². The largest absolute Gasteiger partial charge is 0.383 e. The van der Waals surface area contributed by atoms with Gasteiger partial charge >= 0.3 is 0 Å². The normalized spacial score (nSPS) is 10.8. The molecule has 0 saturated carbocycles. The number of halogens is 1. The van der Waals surface area contributed by atoms with Crippen LogP contribution in [0.25, 0.3) is 11.4 Å². The molecule has 28 heavy (non-hydrogen) atoms. The molecular weight excluding hydrogens is 398 g/mol. The molecule has 0 spiro atoms. The van der Waals surface area contributed by atoms with Gasteiger partial charge in [-0.2, -0.15) is 0 Å². The van der Waals surface area contributed by atoms with E-state index in [9.17, 15) is 4.79 Å². The second-order valence-corrected chi connectivity index (χ2v) is 7.26. The van der Waals surface area contributed by atoms with Gasteiger partial charge in [-0.15, -0.1) is 10.2 Å². The first-order valence-electron chi connectivity index (χ1n) is 8.64. The number of hydrogen-bond acceptors (Lipinski definition) is 6. The van der Waals surface area contributed by atoms with Crippen molar-refractivity contribution in [2.24, 2.45) is 0 Å². The van der Waals surface area contributed by atoms with Crippen molar-refractivity contribution in [2.45, 2.75) is 18.2 Å². The van der Waals surface area contributed by atoms with Crippen molar-refractivity contribution in [3.05, 3.63) is 59.4 Å². The van der Waals surface area contributed by atoms with Gasteiger partial charge in [0.25, 0.3) is 0 Å². The van der Waals surface area contributed by atoms with Gasteiger partial charge in [-0.25, -0.2) is 0 Å². The van der Waals surface area contributed by atoms with Crippen molar-refractivity contribution in [1.29, 1.82) is 0 Å². The van der Waals surface area contributed by atoms with Crippen LogP contribution >= 0.6 is 23.4 Å². The summed E-state index contributed by atoms with van der Waals surface area (Å²) in [5, 5.41) is 12.7. The quantitative estimate of drug-likeness (QED) is 0.539. The van der Waals surface area contributed by atoms with Crippen molar-refractivity contribution in [2.75, 3.05) is 19.5 Å². The molecule has 0 aliphatic rings. The third-order valence-corrected chi connectivity index (χ3v) is 5.09. The summed E-state index contributed by atoms with van der Waals surface area (Å²) in [6.07, 6.45) is 3.42. The van der Waals surface area contributed by atoms with Crippen LogP contribution in [0.3, 0.4) is 0 Å². The second kappa shape index (κ2) is 10.2. The Morgan fingerprint density at radius 3 is 2.82 bits per heavy atom. The van der Waals surface area contributed by atoms with Crippen molar-refractivity contribution in [1.82, 2.24) is 25.1 Å². The molecule has 7 nitrogen and oxygen atoms in total. The first kappa shape index (κ1) is 20.3. The fourth-order valence-electron chi connectivity index (χ4n) is 2.52. The molecule has 2 aromatic heterocycles. The van der Waals surface area contributed by atoms with Crippen LogP contribution in [0.1, 0.15) is 5.56 Å². The second-order valence-electron chi connectivity index (χ2n) is 5.88. The summed E-state index contributed by atoms with van der Waals surface area (Å²) in [6.45, 7) is 1.54. The van der Waals surface area contributed by atoms with Crippen LogP contribution < -0.4 is 5.32 Å². The molecule has 3 rings (SSSR count). The number of nitrogens with one attached hydrogen (secondary N) is 1. The van der Waals surface area contributed by atoms with Crippen LogP contribution in [-0.4, -0.2) is 45.1 Å². The molecule has 2 heterocycles. The zero-order valence-electron chi connectivity index (χ0n) is 15.3. The summed E-state index contributed by atoms with van der Waals surface area (Å²) in [5.41, 5.74) is 1.87. The van der Waals surface area contributed by atoms with E-state index in [0.717, 1.165) is 17.0 Å². The summed E-state index contributed by atoms with van der Waals surface area (Å²) >= 11 is 7.30. The minimum Gasteiger partial charge on any atom is -0.383 e. The topological polar surface area (TPSA) is 81.9 Å². The SMILES string of the molecule is COCCn1c(SCC(=O)NCc2cccc(Cl)c2)nnc1-c1ccncc1. The summed E-state index contributed by atoms with van der Waals surface area (Å²) in [4.78, 5) is 16.3. The summed E-state index contributed by atoms with van der Waals surface area (Å²) < 4.78 is 7.15. The Balaban J connectivity index is 1.63. The van der Waals surface area contributed by atoms with Gasteiger partial charge in [-0.3, -0.25) is 14.3 Å². The van der Waals surface area contributed by atoms with Gasteiger partial charge in [0.05, 0.1) is 18.9 Å². The standard InChI is InChI=1S/C19H20ClN5O2S/c1-27-10-9-25-18(15-5-7-21-8-6-15)23-24-19(25)28-13-17(26)22-12-14-3-2-4-16(20)11-14/h2-8,11H,9-10,12-13H2,1H3,(H,22,26). The molecule has 0 aliphatic heterocycles. The third-order valence-electron chi connectivity index (χ3n) is 3.89. The van der Waals surface area contributed by atoms with Crippen LogP contribution in [0.4, 0.5) is 0 Å². The Hall–Kier alpha value is -2.42. The first-order chi connectivity index (χ1) is 13.7. The predicted octanol–water partition coefficient (Wildman–Crippen LogP) is 3.05. The lowest BCUT2D eigenvalue weighted by atomic mass is 10.2. The van der Waals surface area contributed by atoms with Crippen molar-refractivity contribution in [3.8, 4) is 11.4 Å². The molecule has 0 fully saturated rings. The van der Waals surface area contributed by atoms with Crippen molar-refractivity contribution in [3.63, 3.8) is 0 Å². The number of benzene rings is 1. The van der Waals surface area contributed by atoms with Crippen LogP contribution in [0.2, 0.25) is 5.02 Å². The lowest BCUT2D eigenvalue weighted by Crippen LogP contribution is -2.24. The number of nitrogens with zero attached hydrogens (tertiary/aromatic N) is 4. The number of pyridine rings is 1. The molecule has 0 atom stereocenters. The maximum absolute atomic E-state index is 12.2. The molecule has 0 bridgehead atoms. The number of rotatable bonds is 9. The average molecular weight is 418 g/mol. The molecule has 0 unspecified atom stereocenters. The lowest BCUT2D eigenvalue weighted by molar-refractivity contribution is -0.118. The van der Waals surface area contributed by atoms with Crippen LogP contribution in [-0.2, 0) is 22.6 Å². The summed E-state index contributed by atoms with van der Waals surface area (Å²) in [7, 11) is 1.65. The van der Waals surface area contributed by atoms with E-state index in [1.807, 2.05) is 34.9 Å². The van der Waals surface area contributed by atoms with Crippen molar-refractivity contribution >= 4 is 29.3 Å². The van der Waals surface area contributed by atoms with E-state index in [-0.39, 0.29) is 11.7 Å². The van der Waals surface area contributed by atoms with E-state index in [0.29, 0.717) is 29.9 Å². The fourth-order valence-corrected chi connectivity index (χ4v) is 3.53. The molecule has 0 saturated heterocycles. The van der Waals surface area contributed by atoms with E-state index in [1.165, 1.54) is 11.8 Å². The molecule has 1 aromatic carbocycles. The monoisotopic (exact) mass is 417 g/mol. The number of aromatic nitrogens is 4. The highest BCUT2D eigenvalue weighted by Gasteiger charge is 2.15. The number of methoxy groups -OCH3 is 1. The van der Waals surface area contributed by atoms with Crippen LogP contribution in [0.5, 0.6) is 0 Å². The van der Waals surface area contributed by atoms with Crippen LogP contribution in [0.15, 0.2) is 53.9 Å². The molecular formula is C19H20ClN5O2S. The van der Waals surface area contributed by atoms with Gasteiger partial charge in [0.2, 0.25) is 5.91 Å². The zero-order chi connectivity index (χ0) is 19.8. The molecule has 1 amide bonds. The van der Waals surface area contributed by atoms with E-state index >= 15 is 0 Å². The number of amides is 1. The van der Waals surface area contributed by atoms with E-state index < -0.39 is 0 Å². The predicted molar refractivity (Wildman–Crippen MR) is 109 cm³/mol. The van der Waals surface area contributed by atoms with E-state index in [4.69, 9.17) is 16.3 Å². The Morgan fingerprint density at radius 2 is 2.07 bits per heavy atom. The summed E-state index contributed by atoms with van der Waals surface area (Å²) in [6, 6.07) is 11.2. The van der Waals surface area contributed by atoms with Gasteiger partial charge in [0.15, 0.2) is 11.0 Å². The Bertz CT molecular complexity index is 920. The minimum atomic E-state index is -0.0864. The minimum absolute atomic E-state index is 0.0864. The lowest BCUT2D eigenvalue weighted by Gasteiger charge is -2.10. The molecule has 9 heteroatoms. The van der Waals surface area contributed by atoms with Gasteiger partial charge in [0, 0.05) is 36.6 Å². The number of ether oxygens (including phenoxy) is 1. The Labute approximate surface area is 172 Å². The Kier molecular flexibility index (Phi) is 7.41. The zero-order valence-corrected chi connectivity index (χ0v) is 16.9. The van der Waals surface area contributed by atoms with Gasteiger partial charge in [-0.05, 0) is 29.8 Å². The fraction of sp³-hybridized carbons (Fsp3) is 0.263. The van der Waals surface area contributed by atoms with Gasteiger partial charge < -0.3 is 10.1 Å². The highest BCUT2D eigenvalue weighted by Crippen LogP contribution is 2.23. The molecule has 146 valence electrons. The molecule has 3 aromatic rings. The molecule has 0 radical (unpaired) electrons. The maximum Gasteiger partial charge on any atom is 0.230 e. The number of thioether (sulfide) groups is 1. The van der Waals surface area contributed by atoms with Crippen LogP contribution in [0, 0.1) is 0 Å². The molecule has 0 aliphatic carbocycles. The Morgan fingerprint density at radius 1 is 1.25 bits per heavy atom. The van der Waals surface area contributed by atoms with E-state index in [1.54, 1.807) is 25.6 Å². The number of carbonyl (C=O) groups is 1. The highest BCUT2D eigenvalue weighted by atomic mass is 35.5. The van der Waals surface area contributed by atoms with E-state index in [2.05, 4.69) is 20.5 Å². The maximum atomic E-state index is 12.2. The first-order valence-corrected chi connectivity index (χ1v) is 10.00. The third kappa shape index (κ3) is 5.54. The molecule has 1 N–H and O–H groups in total. The smallest absolute Gasteiger partial charge is 0.230 e. The number of carbonyl (C=O) groups excluding carboxylic acids is 1. The summed E-state index contributed by atoms with van der Waals surface area (Å²) in [5.74, 6) is 0.875. The highest BCUT2D eigenvalue weighted by molar-refractivity contribution is 7.99. The van der Waals surface area contributed by atoms with Gasteiger partial charge in [0.1, 0.15) is 0 Å². The van der Waals surface area contributed by atoms with Gasteiger partial charge in [-0.1, -0.05) is 35.5 Å². The average Bonchev–Trinajstić information content (AvgIpc) is 3.12. The number of hydrogen-bond donors (Lipinski definition) is 1.